The SMILES string of the molecule is O=C(N=CC(NO)N1CCN(c2ccnc3cc(Cl)ccc23)CC1)c1cc(F)cc(F)c1. The molecule has 0 bridgehead atoms. The smallest absolute Gasteiger partial charge is 0.276 e. The van der Waals surface area contributed by atoms with Gasteiger partial charge in [-0.1, -0.05) is 11.6 Å². The lowest BCUT2D eigenvalue weighted by molar-refractivity contribution is 0.0663. The third kappa shape index (κ3) is 4.91. The van der Waals surface area contributed by atoms with Gasteiger partial charge >= 0.3 is 0 Å². The van der Waals surface area contributed by atoms with Crippen LogP contribution in [0.2, 0.25) is 5.02 Å². The molecule has 1 amide bonds. The van der Waals surface area contributed by atoms with Crippen LogP contribution in [0.4, 0.5) is 14.5 Å². The van der Waals surface area contributed by atoms with Crippen molar-refractivity contribution >= 4 is 40.3 Å². The van der Waals surface area contributed by atoms with E-state index in [0.717, 1.165) is 28.7 Å². The van der Waals surface area contributed by atoms with Gasteiger partial charge in [0, 0.05) is 66.3 Å². The summed E-state index contributed by atoms with van der Waals surface area (Å²) in [5, 5.41) is 11.2. The summed E-state index contributed by atoms with van der Waals surface area (Å²) in [6.07, 6.45) is 2.24. The molecule has 2 N–H and O–H groups in total. The Bertz CT molecular complexity index is 1150. The van der Waals surface area contributed by atoms with E-state index in [1.165, 1.54) is 6.21 Å². The first-order chi connectivity index (χ1) is 15.4. The Balaban J connectivity index is 1.43. The minimum atomic E-state index is -0.859. The van der Waals surface area contributed by atoms with E-state index in [-0.39, 0.29) is 5.56 Å². The molecule has 4 rings (SSSR count). The predicted molar refractivity (Wildman–Crippen MR) is 118 cm³/mol. The zero-order valence-corrected chi connectivity index (χ0v) is 17.6. The monoisotopic (exact) mass is 459 g/mol. The van der Waals surface area contributed by atoms with E-state index in [1.54, 1.807) is 6.20 Å². The van der Waals surface area contributed by atoms with Crippen molar-refractivity contribution in [2.24, 2.45) is 4.99 Å². The van der Waals surface area contributed by atoms with Crippen molar-refractivity contribution in [1.29, 1.82) is 0 Å². The largest absolute Gasteiger partial charge is 0.368 e. The Labute approximate surface area is 187 Å². The number of anilines is 1. The minimum Gasteiger partial charge on any atom is -0.368 e. The zero-order chi connectivity index (χ0) is 22.7. The van der Waals surface area contributed by atoms with Gasteiger partial charge in [0.15, 0.2) is 0 Å². The Morgan fingerprint density at radius 1 is 1.12 bits per heavy atom. The number of fused-ring (bicyclic) bond motifs is 1. The highest BCUT2D eigenvalue weighted by Gasteiger charge is 2.24. The van der Waals surface area contributed by atoms with E-state index in [0.29, 0.717) is 37.3 Å². The van der Waals surface area contributed by atoms with Crippen LogP contribution in [0.15, 0.2) is 53.7 Å². The van der Waals surface area contributed by atoms with Crippen LogP contribution in [0.5, 0.6) is 0 Å². The number of nitrogens with one attached hydrogen (secondary N) is 1. The maximum absolute atomic E-state index is 13.3. The standard InChI is InChI=1S/C22H20ClF2N5O2/c23-15-1-2-18-19(11-15)26-4-3-20(18)29-5-7-30(8-6-29)21(28-32)13-27-22(31)14-9-16(24)12-17(25)10-14/h1-4,9-13,21,28,32H,5-8H2. The fraction of sp³-hybridized carbons (Fsp3) is 0.227. The highest BCUT2D eigenvalue weighted by molar-refractivity contribution is 6.31. The molecule has 1 fully saturated rings. The number of carbonyl (C=O) groups excluding carboxylic acids is 1. The third-order valence-electron chi connectivity index (χ3n) is 5.30. The quantitative estimate of drug-likeness (QED) is 0.449. The molecule has 1 aliphatic heterocycles. The van der Waals surface area contributed by atoms with Crippen LogP contribution in [-0.4, -0.2) is 59.6 Å². The average molecular weight is 460 g/mol. The lowest BCUT2D eigenvalue weighted by Gasteiger charge is -2.38. The molecule has 3 aromatic rings. The van der Waals surface area contributed by atoms with Crippen LogP contribution >= 0.6 is 11.6 Å². The van der Waals surface area contributed by atoms with E-state index in [1.807, 2.05) is 29.2 Å². The van der Waals surface area contributed by atoms with Gasteiger partial charge in [0.2, 0.25) is 0 Å². The number of amides is 1. The highest BCUT2D eigenvalue weighted by atomic mass is 35.5. The topological polar surface area (TPSA) is 81.1 Å². The lowest BCUT2D eigenvalue weighted by Crippen LogP contribution is -2.55. The molecule has 0 spiro atoms. The molecule has 1 aromatic heterocycles. The molecule has 7 nitrogen and oxygen atoms in total. The van der Waals surface area contributed by atoms with E-state index in [9.17, 15) is 18.8 Å². The Morgan fingerprint density at radius 3 is 2.53 bits per heavy atom. The fourth-order valence-electron chi connectivity index (χ4n) is 3.72. The molecule has 2 aromatic carbocycles. The fourth-order valence-corrected chi connectivity index (χ4v) is 3.89. The summed E-state index contributed by atoms with van der Waals surface area (Å²) in [6, 6.07) is 10.0. The summed E-state index contributed by atoms with van der Waals surface area (Å²) in [6.45, 7) is 2.47. The molecule has 10 heteroatoms. The number of hydrogen-bond donors (Lipinski definition) is 2. The van der Waals surface area contributed by atoms with Gasteiger partial charge in [-0.05, 0) is 36.4 Å². The molecular weight excluding hydrogens is 440 g/mol. The molecule has 1 aliphatic rings. The van der Waals surface area contributed by atoms with Gasteiger partial charge in [-0.15, -0.1) is 0 Å². The Hall–Kier alpha value is -2.98. The number of hydrogen-bond acceptors (Lipinski definition) is 6. The minimum absolute atomic E-state index is 0.204. The van der Waals surface area contributed by atoms with Gasteiger partial charge in [0.25, 0.3) is 5.91 Å². The summed E-state index contributed by atoms with van der Waals surface area (Å²) in [5.74, 6) is -2.52. The number of halogens is 3. The Morgan fingerprint density at radius 2 is 1.84 bits per heavy atom. The zero-order valence-electron chi connectivity index (χ0n) is 16.9. The van der Waals surface area contributed by atoms with Gasteiger partial charge in [0.05, 0.1) is 5.52 Å². The first-order valence-electron chi connectivity index (χ1n) is 9.92. The van der Waals surface area contributed by atoms with Gasteiger partial charge in [-0.25, -0.2) is 13.8 Å². The van der Waals surface area contributed by atoms with Gasteiger partial charge in [0.1, 0.15) is 17.8 Å². The van der Waals surface area contributed by atoms with Crippen molar-refractivity contribution in [3.8, 4) is 0 Å². The number of carbonyl (C=O) groups is 1. The number of nitrogens with zero attached hydrogens (tertiary/aromatic N) is 4. The Kier molecular flexibility index (Phi) is 6.71. The number of aromatic nitrogens is 1. The number of aliphatic imine (C=N–C) groups is 1. The van der Waals surface area contributed by atoms with Crippen LogP contribution in [0.1, 0.15) is 10.4 Å². The van der Waals surface area contributed by atoms with Crippen molar-refractivity contribution in [1.82, 2.24) is 15.4 Å². The molecule has 0 aliphatic carbocycles. The van der Waals surface area contributed by atoms with E-state index < -0.39 is 23.7 Å². The third-order valence-corrected chi connectivity index (χ3v) is 5.54. The van der Waals surface area contributed by atoms with Gasteiger partial charge < -0.3 is 10.1 Å². The molecule has 32 heavy (non-hydrogen) atoms. The average Bonchev–Trinajstić information content (AvgIpc) is 2.78. The summed E-state index contributed by atoms with van der Waals surface area (Å²) in [5.41, 5.74) is 3.77. The van der Waals surface area contributed by atoms with Crippen LogP contribution in [0.25, 0.3) is 10.9 Å². The number of rotatable bonds is 5. The molecule has 0 radical (unpaired) electrons. The van der Waals surface area contributed by atoms with Crippen molar-refractivity contribution in [2.45, 2.75) is 6.17 Å². The van der Waals surface area contributed by atoms with Crippen molar-refractivity contribution < 1.29 is 18.8 Å². The van der Waals surface area contributed by atoms with E-state index in [4.69, 9.17) is 11.6 Å². The number of hydroxylamine groups is 1. The van der Waals surface area contributed by atoms with E-state index >= 15 is 0 Å². The highest BCUT2D eigenvalue weighted by Crippen LogP contribution is 2.28. The first-order valence-corrected chi connectivity index (χ1v) is 10.3. The summed E-state index contributed by atoms with van der Waals surface area (Å²) in [7, 11) is 0. The molecule has 1 atom stereocenters. The second-order valence-electron chi connectivity index (χ2n) is 7.33. The summed E-state index contributed by atoms with van der Waals surface area (Å²) < 4.78 is 26.6. The molecule has 2 heterocycles. The molecule has 1 saturated heterocycles. The van der Waals surface area contributed by atoms with Crippen LogP contribution < -0.4 is 10.4 Å². The predicted octanol–water partition coefficient (Wildman–Crippen LogP) is 3.50. The molecule has 1 unspecified atom stereocenters. The van der Waals surface area contributed by atoms with Crippen molar-refractivity contribution in [2.75, 3.05) is 31.1 Å². The second kappa shape index (κ2) is 9.66. The van der Waals surface area contributed by atoms with Crippen LogP contribution in [0, 0.1) is 11.6 Å². The molecule has 166 valence electrons. The number of piperazine rings is 1. The second-order valence-corrected chi connectivity index (χ2v) is 7.77. The molecular formula is C22H20ClF2N5O2. The lowest BCUT2D eigenvalue weighted by atomic mass is 10.1. The van der Waals surface area contributed by atoms with Gasteiger partial charge in [-0.2, -0.15) is 5.48 Å². The van der Waals surface area contributed by atoms with Crippen LogP contribution in [0.3, 0.4) is 0 Å². The molecule has 0 saturated carbocycles. The maximum atomic E-state index is 13.3. The van der Waals surface area contributed by atoms with Gasteiger partial charge in [-0.3, -0.25) is 14.7 Å². The van der Waals surface area contributed by atoms with E-state index in [2.05, 4.69) is 20.4 Å². The van der Waals surface area contributed by atoms with Crippen LogP contribution in [-0.2, 0) is 0 Å². The number of benzene rings is 2. The summed E-state index contributed by atoms with van der Waals surface area (Å²) in [4.78, 5) is 24.4. The first kappa shape index (κ1) is 22.2. The normalized spacial score (nSPS) is 16.1. The van der Waals surface area contributed by atoms with Crippen molar-refractivity contribution in [3.63, 3.8) is 0 Å². The summed E-state index contributed by atoms with van der Waals surface area (Å²) >= 11 is 6.07. The maximum Gasteiger partial charge on any atom is 0.276 e. The van der Waals surface area contributed by atoms with Crippen molar-refractivity contribution in [3.05, 3.63) is 70.9 Å². The number of pyridine rings is 1.